The summed E-state index contributed by atoms with van der Waals surface area (Å²) in [5.41, 5.74) is 1.65. The molecule has 1 aromatic carbocycles. The number of ether oxygens (including phenoxy) is 2. The van der Waals surface area contributed by atoms with Crippen LogP contribution < -0.4 is 4.74 Å². The summed E-state index contributed by atoms with van der Waals surface area (Å²) in [4.78, 5) is 14.0. The van der Waals surface area contributed by atoms with Crippen molar-refractivity contribution in [1.82, 2.24) is 4.90 Å². The fraction of sp³-hybridized carbons (Fsp3) is 0.588. The lowest BCUT2D eigenvalue weighted by atomic mass is 10.0. The van der Waals surface area contributed by atoms with Gasteiger partial charge in [0.05, 0.1) is 12.1 Å². The predicted molar refractivity (Wildman–Crippen MR) is 89.7 cm³/mol. The SMILES string of the molecule is C.COc1ccc2c(c1Cl)CCCN(C(=O)OC(C)(C)C)C2. The molecule has 0 unspecified atom stereocenters. The molecule has 1 aliphatic heterocycles. The summed E-state index contributed by atoms with van der Waals surface area (Å²) in [6.45, 7) is 6.81. The molecule has 0 aliphatic carbocycles. The molecule has 0 N–H and O–H groups in total. The van der Waals surface area contributed by atoms with Crippen molar-refractivity contribution in [3.63, 3.8) is 0 Å². The number of carbonyl (C=O) groups excluding carboxylic acids is 1. The van der Waals surface area contributed by atoms with Gasteiger partial charge in [-0.25, -0.2) is 4.79 Å². The van der Waals surface area contributed by atoms with Crippen molar-refractivity contribution >= 4 is 17.7 Å². The Kier molecular flexibility index (Phi) is 6.12. The molecule has 0 saturated heterocycles. The third-order valence-corrected chi connectivity index (χ3v) is 3.81. The Bertz CT molecular complexity index is 537. The van der Waals surface area contributed by atoms with E-state index in [-0.39, 0.29) is 13.5 Å². The van der Waals surface area contributed by atoms with Crippen molar-refractivity contribution in [2.75, 3.05) is 13.7 Å². The van der Waals surface area contributed by atoms with E-state index in [0.717, 1.165) is 24.0 Å². The minimum absolute atomic E-state index is 0. The first kappa shape index (κ1) is 18.6. The Hall–Kier alpha value is -1.42. The van der Waals surface area contributed by atoms with E-state index < -0.39 is 5.60 Å². The fourth-order valence-electron chi connectivity index (χ4n) is 2.43. The van der Waals surface area contributed by atoms with Gasteiger partial charge in [0, 0.05) is 13.1 Å². The van der Waals surface area contributed by atoms with Crippen molar-refractivity contribution in [3.05, 3.63) is 28.3 Å². The Morgan fingerprint density at radius 2 is 2.00 bits per heavy atom. The zero-order valence-corrected chi connectivity index (χ0v) is 13.8. The average molecular weight is 328 g/mol. The van der Waals surface area contributed by atoms with E-state index in [9.17, 15) is 4.79 Å². The molecular weight excluding hydrogens is 302 g/mol. The monoisotopic (exact) mass is 327 g/mol. The minimum Gasteiger partial charge on any atom is -0.495 e. The predicted octanol–water partition coefficient (Wildman–Crippen LogP) is 4.67. The Morgan fingerprint density at radius 1 is 1.32 bits per heavy atom. The molecule has 0 fully saturated rings. The fourth-order valence-corrected chi connectivity index (χ4v) is 2.79. The van der Waals surface area contributed by atoms with Crippen LogP contribution in [0.15, 0.2) is 12.1 Å². The Labute approximate surface area is 138 Å². The maximum Gasteiger partial charge on any atom is 0.410 e. The molecule has 1 aromatic rings. The Balaban J connectivity index is 0.00000242. The number of fused-ring (bicyclic) bond motifs is 1. The third-order valence-electron chi connectivity index (χ3n) is 3.39. The average Bonchev–Trinajstić information content (AvgIpc) is 2.60. The number of nitrogens with zero attached hydrogens (tertiary/aromatic N) is 1. The molecule has 0 spiro atoms. The van der Waals surface area contributed by atoms with Crippen LogP contribution in [0.3, 0.4) is 0 Å². The van der Waals surface area contributed by atoms with E-state index in [1.807, 2.05) is 32.9 Å². The summed E-state index contributed by atoms with van der Waals surface area (Å²) in [5, 5.41) is 0.654. The molecule has 4 nitrogen and oxygen atoms in total. The highest BCUT2D eigenvalue weighted by Gasteiger charge is 2.25. The first-order chi connectivity index (χ1) is 9.81. The number of rotatable bonds is 1. The Morgan fingerprint density at radius 3 is 2.59 bits per heavy atom. The molecule has 22 heavy (non-hydrogen) atoms. The normalized spacial score (nSPS) is 14.5. The molecule has 2 rings (SSSR count). The summed E-state index contributed by atoms with van der Waals surface area (Å²) in [7, 11) is 1.61. The van der Waals surface area contributed by atoms with Crippen LogP contribution in [0.1, 0.15) is 45.7 Å². The quantitative estimate of drug-likeness (QED) is 0.752. The van der Waals surface area contributed by atoms with Gasteiger partial charge in [-0.1, -0.05) is 25.1 Å². The first-order valence-corrected chi connectivity index (χ1v) is 7.52. The molecule has 5 heteroatoms. The first-order valence-electron chi connectivity index (χ1n) is 7.14. The lowest BCUT2D eigenvalue weighted by Crippen LogP contribution is -2.36. The number of carbonyl (C=O) groups is 1. The molecule has 0 atom stereocenters. The van der Waals surface area contributed by atoms with E-state index in [1.165, 1.54) is 0 Å². The summed E-state index contributed by atoms with van der Waals surface area (Å²) in [6, 6.07) is 3.82. The van der Waals surface area contributed by atoms with Crippen molar-refractivity contribution in [3.8, 4) is 5.75 Å². The van der Waals surface area contributed by atoms with Crippen LogP contribution in [0, 0.1) is 0 Å². The van der Waals surface area contributed by atoms with Crippen molar-refractivity contribution in [2.45, 2.75) is 53.2 Å². The van der Waals surface area contributed by atoms with Crippen molar-refractivity contribution in [2.24, 2.45) is 0 Å². The van der Waals surface area contributed by atoms with Crippen LogP contribution in [0.4, 0.5) is 4.79 Å². The van der Waals surface area contributed by atoms with Gasteiger partial charge in [-0.15, -0.1) is 0 Å². The van der Waals surface area contributed by atoms with E-state index in [4.69, 9.17) is 21.1 Å². The van der Waals surface area contributed by atoms with Crippen molar-refractivity contribution in [1.29, 1.82) is 0 Å². The van der Waals surface area contributed by atoms with Gasteiger partial charge < -0.3 is 14.4 Å². The highest BCUT2D eigenvalue weighted by Crippen LogP contribution is 2.33. The maximum absolute atomic E-state index is 12.2. The highest BCUT2D eigenvalue weighted by molar-refractivity contribution is 6.33. The van der Waals surface area contributed by atoms with E-state index in [1.54, 1.807) is 12.0 Å². The van der Waals surface area contributed by atoms with E-state index in [2.05, 4.69) is 0 Å². The topological polar surface area (TPSA) is 38.8 Å². The van der Waals surface area contributed by atoms with Gasteiger partial charge in [-0.2, -0.15) is 0 Å². The molecule has 0 radical (unpaired) electrons. The van der Waals surface area contributed by atoms with Gasteiger partial charge in [-0.3, -0.25) is 0 Å². The molecule has 124 valence electrons. The maximum atomic E-state index is 12.2. The molecule has 0 saturated carbocycles. The van der Waals surface area contributed by atoms with Crippen LogP contribution >= 0.6 is 11.6 Å². The van der Waals surface area contributed by atoms with Crippen LogP contribution in [-0.4, -0.2) is 30.2 Å². The van der Waals surface area contributed by atoms with Crippen molar-refractivity contribution < 1.29 is 14.3 Å². The molecule has 0 aromatic heterocycles. The smallest absolute Gasteiger partial charge is 0.410 e. The number of hydrogen-bond acceptors (Lipinski definition) is 3. The summed E-state index contributed by atoms with van der Waals surface area (Å²) >= 11 is 6.37. The van der Waals surface area contributed by atoms with E-state index in [0.29, 0.717) is 23.9 Å². The molecule has 1 aliphatic rings. The summed E-state index contributed by atoms with van der Waals surface area (Å²) < 4.78 is 10.7. The van der Waals surface area contributed by atoms with E-state index >= 15 is 0 Å². The number of benzene rings is 1. The highest BCUT2D eigenvalue weighted by atomic mass is 35.5. The summed E-state index contributed by atoms with van der Waals surface area (Å²) in [6.07, 6.45) is 1.42. The molecular formula is C17H26ClNO3. The largest absolute Gasteiger partial charge is 0.495 e. The van der Waals surface area contributed by atoms with Gasteiger partial charge in [0.2, 0.25) is 0 Å². The second-order valence-corrected chi connectivity index (χ2v) is 6.60. The number of methoxy groups -OCH3 is 1. The van der Waals surface area contributed by atoms with Gasteiger partial charge in [0.1, 0.15) is 11.4 Å². The number of halogens is 1. The van der Waals surface area contributed by atoms with Crippen LogP contribution in [0.2, 0.25) is 5.02 Å². The second kappa shape index (κ2) is 7.23. The molecule has 0 bridgehead atoms. The van der Waals surface area contributed by atoms with Gasteiger partial charge in [0.25, 0.3) is 0 Å². The van der Waals surface area contributed by atoms with Crippen LogP contribution in [0.25, 0.3) is 0 Å². The van der Waals surface area contributed by atoms with Gasteiger partial charge in [-0.05, 0) is 50.8 Å². The zero-order valence-electron chi connectivity index (χ0n) is 13.0. The zero-order chi connectivity index (χ0) is 15.6. The third kappa shape index (κ3) is 4.29. The van der Waals surface area contributed by atoms with Gasteiger partial charge in [0.15, 0.2) is 0 Å². The standard InChI is InChI=1S/C16H22ClNO3.CH4/c1-16(2,3)21-15(19)18-9-5-6-12-11(10-18)7-8-13(20-4)14(12)17;/h7-8H,5-6,9-10H2,1-4H3;1H4. The summed E-state index contributed by atoms with van der Waals surface area (Å²) in [5.74, 6) is 0.682. The minimum atomic E-state index is -0.482. The van der Waals surface area contributed by atoms with Crippen LogP contribution in [-0.2, 0) is 17.7 Å². The lowest BCUT2D eigenvalue weighted by Gasteiger charge is -2.26. The second-order valence-electron chi connectivity index (χ2n) is 6.22. The molecule has 1 heterocycles. The van der Waals surface area contributed by atoms with Gasteiger partial charge >= 0.3 is 6.09 Å². The lowest BCUT2D eigenvalue weighted by molar-refractivity contribution is 0.0237. The van der Waals surface area contributed by atoms with Crippen LogP contribution in [0.5, 0.6) is 5.75 Å². The molecule has 1 amide bonds. The number of amides is 1. The number of hydrogen-bond donors (Lipinski definition) is 0.